The van der Waals surface area contributed by atoms with Gasteiger partial charge in [0.25, 0.3) is 0 Å². The van der Waals surface area contributed by atoms with Crippen molar-refractivity contribution >= 4 is 5.69 Å². The number of aryl methyl sites for hydroxylation is 3. The summed E-state index contributed by atoms with van der Waals surface area (Å²) in [6, 6.07) is 10.7. The summed E-state index contributed by atoms with van der Waals surface area (Å²) in [6.45, 7) is 8.97. The van der Waals surface area contributed by atoms with Crippen molar-refractivity contribution in [3.05, 3.63) is 52.6 Å². The molecular formula is C18H21NO2. The standard InChI is InChI=1S/C18H21NO2/c1-11-7-13(3)16(8-12(11)2)14(4)19-15-5-6-17-18(9-15)21-10-20-17/h5-9,14,19H,10H2,1-4H3. The zero-order valence-corrected chi connectivity index (χ0v) is 13.0. The fraction of sp³-hybridized carbons (Fsp3) is 0.333. The maximum atomic E-state index is 5.42. The van der Waals surface area contributed by atoms with Gasteiger partial charge in [-0.15, -0.1) is 0 Å². The smallest absolute Gasteiger partial charge is 0.231 e. The molecule has 1 atom stereocenters. The predicted octanol–water partition coefficient (Wildman–Crippen LogP) is 4.51. The van der Waals surface area contributed by atoms with Gasteiger partial charge >= 0.3 is 0 Å². The van der Waals surface area contributed by atoms with Gasteiger partial charge in [-0.3, -0.25) is 0 Å². The minimum Gasteiger partial charge on any atom is -0.454 e. The second kappa shape index (κ2) is 5.32. The summed E-state index contributed by atoms with van der Waals surface area (Å²) in [5.41, 5.74) is 6.36. The molecule has 3 nitrogen and oxygen atoms in total. The van der Waals surface area contributed by atoms with Gasteiger partial charge in [0.15, 0.2) is 11.5 Å². The van der Waals surface area contributed by atoms with Crippen molar-refractivity contribution in [2.75, 3.05) is 12.1 Å². The first-order valence-electron chi connectivity index (χ1n) is 7.28. The van der Waals surface area contributed by atoms with Crippen molar-refractivity contribution in [2.24, 2.45) is 0 Å². The van der Waals surface area contributed by atoms with Gasteiger partial charge in [0.1, 0.15) is 0 Å². The molecule has 3 rings (SSSR count). The van der Waals surface area contributed by atoms with Crippen LogP contribution in [0.2, 0.25) is 0 Å². The highest BCUT2D eigenvalue weighted by atomic mass is 16.7. The monoisotopic (exact) mass is 283 g/mol. The van der Waals surface area contributed by atoms with Crippen LogP contribution in [-0.2, 0) is 0 Å². The highest BCUT2D eigenvalue weighted by Crippen LogP contribution is 2.35. The molecule has 0 saturated carbocycles. The van der Waals surface area contributed by atoms with E-state index in [9.17, 15) is 0 Å². The molecule has 0 fully saturated rings. The first kappa shape index (κ1) is 13.8. The van der Waals surface area contributed by atoms with Crippen molar-refractivity contribution in [2.45, 2.75) is 33.7 Å². The summed E-state index contributed by atoms with van der Waals surface area (Å²) < 4.78 is 10.8. The van der Waals surface area contributed by atoms with Crippen LogP contribution >= 0.6 is 0 Å². The van der Waals surface area contributed by atoms with Gasteiger partial charge < -0.3 is 14.8 Å². The lowest BCUT2D eigenvalue weighted by atomic mass is 9.96. The Morgan fingerprint density at radius 2 is 1.62 bits per heavy atom. The van der Waals surface area contributed by atoms with Crippen LogP contribution in [0.15, 0.2) is 30.3 Å². The fourth-order valence-corrected chi connectivity index (χ4v) is 2.76. The highest BCUT2D eigenvalue weighted by molar-refractivity contribution is 5.57. The van der Waals surface area contributed by atoms with E-state index in [1.54, 1.807) is 0 Å². The molecule has 0 aliphatic carbocycles. The van der Waals surface area contributed by atoms with Crippen LogP contribution in [0.4, 0.5) is 5.69 Å². The third-order valence-corrected chi connectivity index (χ3v) is 4.10. The van der Waals surface area contributed by atoms with Crippen LogP contribution in [0, 0.1) is 20.8 Å². The van der Waals surface area contributed by atoms with Crippen molar-refractivity contribution in [3.8, 4) is 11.5 Å². The Hall–Kier alpha value is -2.16. The van der Waals surface area contributed by atoms with Crippen LogP contribution in [0.25, 0.3) is 0 Å². The summed E-state index contributed by atoms with van der Waals surface area (Å²) in [7, 11) is 0. The third kappa shape index (κ3) is 2.68. The lowest BCUT2D eigenvalue weighted by Crippen LogP contribution is -2.09. The lowest BCUT2D eigenvalue weighted by molar-refractivity contribution is 0.174. The second-order valence-corrected chi connectivity index (χ2v) is 5.73. The Labute approximate surface area is 125 Å². The molecule has 1 N–H and O–H groups in total. The molecule has 0 spiro atoms. The SMILES string of the molecule is Cc1cc(C)c(C(C)Nc2ccc3c(c2)OCO3)cc1C. The molecule has 1 aliphatic heterocycles. The van der Waals surface area contributed by atoms with Gasteiger partial charge in [-0.1, -0.05) is 12.1 Å². The summed E-state index contributed by atoms with van der Waals surface area (Å²) in [4.78, 5) is 0. The summed E-state index contributed by atoms with van der Waals surface area (Å²) >= 11 is 0. The molecule has 0 amide bonds. The highest BCUT2D eigenvalue weighted by Gasteiger charge is 2.15. The quantitative estimate of drug-likeness (QED) is 0.898. The number of fused-ring (bicyclic) bond motifs is 1. The second-order valence-electron chi connectivity index (χ2n) is 5.73. The van der Waals surface area contributed by atoms with E-state index in [-0.39, 0.29) is 6.04 Å². The third-order valence-electron chi connectivity index (χ3n) is 4.10. The maximum absolute atomic E-state index is 5.42. The molecule has 1 unspecified atom stereocenters. The zero-order chi connectivity index (χ0) is 15.0. The first-order chi connectivity index (χ1) is 10.0. The van der Waals surface area contributed by atoms with E-state index in [1.165, 1.54) is 22.3 Å². The minimum absolute atomic E-state index is 0.240. The predicted molar refractivity (Wildman–Crippen MR) is 85.3 cm³/mol. The molecule has 0 radical (unpaired) electrons. The van der Waals surface area contributed by atoms with Crippen LogP contribution in [0.3, 0.4) is 0 Å². The van der Waals surface area contributed by atoms with E-state index in [4.69, 9.17) is 9.47 Å². The van der Waals surface area contributed by atoms with Crippen LogP contribution in [0.5, 0.6) is 11.5 Å². The minimum atomic E-state index is 0.240. The van der Waals surface area contributed by atoms with E-state index in [0.717, 1.165) is 17.2 Å². The van der Waals surface area contributed by atoms with Gasteiger partial charge in [0, 0.05) is 17.8 Å². The van der Waals surface area contributed by atoms with Gasteiger partial charge in [0.05, 0.1) is 0 Å². The van der Waals surface area contributed by atoms with E-state index in [2.05, 4.69) is 45.1 Å². The topological polar surface area (TPSA) is 30.5 Å². The zero-order valence-electron chi connectivity index (χ0n) is 13.0. The number of anilines is 1. The van der Waals surface area contributed by atoms with Crippen molar-refractivity contribution in [1.82, 2.24) is 0 Å². The Morgan fingerprint density at radius 1 is 0.905 bits per heavy atom. The molecule has 0 saturated heterocycles. The van der Waals surface area contributed by atoms with E-state index in [1.807, 2.05) is 18.2 Å². The largest absolute Gasteiger partial charge is 0.454 e. The molecule has 0 bridgehead atoms. The number of rotatable bonds is 3. The maximum Gasteiger partial charge on any atom is 0.231 e. The average Bonchev–Trinajstić information content (AvgIpc) is 2.90. The van der Waals surface area contributed by atoms with E-state index >= 15 is 0 Å². The van der Waals surface area contributed by atoms with Gasteiger partial charge in [-0.25, -0.2) is 0 Å². The molecule has 110 valence electrons. The van der Waals surface area contributed by atoms with Crippen LogP contribution in [-0.4, -0.2) is 6.79 Å². The van der Waals surface area contributed by atoms with Gasteiger partial charge in [0.2, 0.25) is 6.79 Å². The molecular weight excluding hydrogens is 262 g/mol. The molecule has 3 heteroatoms. The molecule has 2 aromatic carbocycles. The van der Waals surface area contributed by atoms with Gasteiger partial charge in [-0.05, 0) is 62.1 Å². The van der Waals surface area contributed by atoms with Crippen LogP contribution in [0.1, 0.15) is 35.2 Å². The lowest BCUT2D eigenvalue weighted by Gasteiger charge is -2.19. The molecule has 2 aromatic rings. The van der Waals surface area contributed by atoms with E-state index in [0.29, 0.717) is 6.79 Å². The summed E-state index contributed by atoms with van der Waals surface area (Å²) in [6.07, 6.45) is 0. The number of ether oxygens (including phenoxy) is 2. The van der Waals surface area contributed by atoms with Crippen molar-refractivity contribution < 1.29 is 9.47 Å². The summed E-state index contributed by atoms with van der Waals surface area (Å²) in [5.74, 6) is 1.62. The number of hydrogen-bond donors (Lipinski definition) is 1. The number of nitrogens with one attached hydrogen (secondary N) is 1. The summed E-state index contributed by atoms with van der Waals surface area (Å²) in [5, 5.41) is 3.54. The van der Waals surface area contributed by atoms with Crippen LogP contribution < -0.4 is 14.8 Å². The average molecular weight is 283 g/mol. The first-order valence-corrected chi connectivity index (χ1v) is 7.28. The number of hydrogen-bond acceptors (Lipinski definition) is 3. The fourth-order valence-electron chi connectivity index (χ4n) is 2.76. The molecule has 1 aliphatic rings. The number of benzene rings is 2. The Kier molecular flexibility index (Phi) is 3.50. The Bertz CT molecular complexity index is 679. The van der Waals surface area contributed by atoms with Gasteiger partial charge in [-0.2, -0.15) is 0 Å². The molecule has 0 aromatic heterocycles. The van der Waals surface area contributed by atoms with Crippen molar-refractivity contribution in [3.63, 3.8) is 0 Å². The molecule has 21 heavy (non-hydrogen) atoms. The van der Waals surface area contributed by atoms with Crippen molar-refractivity contribution in [1.29, 1.82) is 0 Å². The Balaban J connectivity index is 1.83. The van der Waals surface area contributed by atoms with E-state index < -0.39 is 0 Å². The molecule has 1 heterocycles. The normalized spacial score (nSPS) is 14.1. The Morgan fingerprint density at radius 3 is 2.43 bits per heavy atom.